The fourth-order valence-electron chi connectivity index (χ4n) is 2.13. The predicted octanol–water partition coefficient (Wildman–Crippen LogP) is 1.87. The quantitative estimate of drug-likeness (QED) is 0.902. The van der Waals surface area contributed by atoms with Gasteiger partial charge in [-0.2, -0.15) is 11.8 Å². The molecule has 0 bridgehead atoms. The lowest BCUT2D eigenvalue weighted by Crippen LogP contribution is -2.39. The van der Waals surface area contributed by atoms with Gasteiger partial charge in [0, 0.05) is 24.6 Å². The monoisotopic (exact) mass is 267 g/mol. The minimum atomic E-state index is -0.785. The number of carboxylic acid groups (broad SMARTS) is 1. The van der Waals surface area contributed by atoms with Crippen LogP contribution in [-0.4, -0.2) is 47.7 Å². The van der Waals surface area contributed by atoms with Crippen LogP contribution < -0.4 is 4.74 Å². The lowest BCUT2D eigenvalue weighted by Gasteiger charge is -2.31. The number of thioether (sulfide) groups is 1. The highest BCUT2D eigenvalue weighted by Gasteiger charge is 2.28. The van der Waals surface area contributed by atoms with Crippen LogP contribution in [0.2, 0.25) is 0 Å². The van der Waals surface area contributed by atoms with Crippen molar-refractivity contribution < 1.29 is 14.6 Å². The highest BCUT2D eigenvalue weighted by molar-refractivity contribution is 7.99. The number of benzene rings is 1. The second-order valence-corrected chi connectivity index (χ2v) is 5.39. The van der Waals surface area contributed by atoms with Gasteiger partial charge in [0.1, 0.15) is 11.8 Å². The number of methoxy groups -OCH3 is 1. The number of nitrogens with zero attached hydrogens (tertiary/aromatic N) is 1. The van der Waals surface area contributed by atoms with Crippen molar-refractivity contribution in [3.63, 3.8) is 0 Å². The zero-order valence-corrected chi connectivity index (χ0v) is 11.2. The van der Waals surface area contributed by atoms with Crippen LogP contribution in [0, 0.1) is 0 Å². The number of carboxylic acids is 1. The first-order valence-electron chi connectivity index (χ1n) is 5.91. The molecule has 0 radical (unpaired) electrons. The molecule has 1 N–H and O–H groups in total. The molecule has 0 saturated carbocycles. The maximum absolute atomic E-state index is 11.5. The Kier molecular flexibility index (Phi) is 4.49. The van der Waals surface area contributed by atoms with Crippen LogP contribution in [0.5, 0.6) is 5.75 Å². The third-order valence-corrected chi connectivity index (χ3v) is 4.02. The van der Waals surface area contributed by atoms with Crippen molar-refractivity contribution in [2.75, 3.05) is 31.7 Å². The molecule has 0 unspecified atom stereocenters. The molecule has 1 aromatic rings. The molecule has 0 spiro atoms. The van der Waals surface area contributed by atoms with Crippen molar-refractivity contribution in [3.05, 3.63) is 29.8 Å². The number of hydrogen-bond acceptors (Lipinski definition) is 4. The molecule has 1 saturated heterocycles. The van der Waals surface area contributed by atoms with E-state index in [9.17, 15) is 9.90 Å². The van der Waals surface area contributed by atoms with Crippen molar-refractivity contribution in [2.24, 2.45) is 0 Å². The second-order valence-electron chi connectivity index (χ2n) is 4.16. The SMILES string of the molecule is COc1ccc([C@H](C(=O)O)N2CCSCC2)cc1. The minimum Gasteiger partial charge on any atom is -0.497 e. The molecule has 98 valence electrons. The van der Waals surface area contributed by atoms with Crippen molar-refractivity contribution in [1.29, 1.82) is 0 Å². The van der Waals surface area contributed by atoms with Crippen LogP contribution in [0.1, 0.15) is 11.6 Å². The highest BCUT2D eigenvalue weighted by atomic mass is 32.2. The van der Waals surface area contributed by atoms with Crippen LogP contribution in [0.4, 0.5) is 0 Å². The maximum Gasteiger partial charge on any atom is 0.325 e. The van der Waals surface area contributed by atoms with E-state index in [-0.39, 0.29) is 0 Å². The van der Waals surface area contributed by atoms with Crippen LogP contribution in [0.3, 0.4) is 0 Å². The van der Waals surface area contributed by atoms with Gasteiger partial charge in [0.05, 0.1) is 7.11 Å². The van der Waals surface area contributed by atoms with Crippen molar-refractivity contribution in [2.45, 2.75) is 6.04 Å². The minimum absolute atomic E-state index is 0.545. The van der Waals surface area contributed by atoms with Crippen LogP contribution in [-0.2, 0) is 4.79 Å². The van der Waals surface area contributed by atoms with Crippen molar-refractivity contribution in [1.82, 2.24) is 4.90 Å². The molecule has 0 aliphatic carbocycles. The van der Waals surface area contributed by atoms with Gasteiger partial charge < -0.3 is 9.84 Å². The van der Waals surface area contributed by atoms with Gasteiger partial charge in [0.2, 0.25) is 0 Å². The first kappa shape index (κ1) is 13.2. The molecule has 1 aliphatic heterocycles. The normalized spacial score (nSPS) is 18.3. The topological polar surface area (TPSA) is 49.8 Å². The molecule has 2 rings (SSSR count). The zero-order valence-electron chi connectivity index (χ0n) is 10.3. The maximum atomic E-state index is 11.5. The summed E-state index contributed by atoms with van der Waals surface area (Å²) < 4.78 is 5.09. The predicted molar refractivity (Wildman–Crippen MR) is 72.3 cm³/mol. The lowest BCUT2D eigenvalue weighted by molar-refractivity contribution is -0.143. The Morgan fingerprint density at radius 2 is 1.94 bits per heavy atom. The molecule has 4 nitrogen and oxygen atoms in total. The summed E-state index contributed by atoms with van der Waals surface area (Å²) in [6, 6.07) is 6.74. The van der Waals surface area contributed by atoms with Gasteiger partial charge in [-0.3, -0.25) is 9.69 Å². The van der Waals surface area contributed by atoms with Gasteiger partial charge in [-0.25, -0.2) is 0 Å². The van der Waals surface area contributed by atoms with Crippen molar-refractivity contribution in [3.8, 4) is 5.75 Å². The number of aliphatic carboxylic acids is 1. The first-order chi connectivity index (χ1) is 8.72. The number of hydrogen-bond donors (Lipinski definition) is 1. The summed E-state index contributed by atoms with van der Waals surface area (Å²) in [5.41, 5.74) is 0.815. The van der Waals surface area contributed by atoms with E-state index in [1.807, 2.05) is 40.9 Å². The first-order valence-corrected chi connectivity index (χ1v) is 7.06. The highest BCUT2D eigenvalue weighted by Crippen LogP contribution is 2.26. The Balaban J connectivity index is 2.20. The molecular formula is C13H17NO3S. The molecule has 1 atom stereocenters. The van der Waals surface area contributed by atoms with E-state index in [4.69, 9.17) is 4.74 Å². The molecule has 0 amide bonds. The Labute approximate surface area is 111 Å². The Hall–Kier alpha value is -1.20. The molecule has 1 aliphatic rings. The van der Waals surface area contributed by atoms with E-state index in [0.717, 1.165) is 35.9 Å². The average Bonchev–Trinajstić information content (AvgIpc) is 2.40. The smallest absolute Gasteiger partial charge is 0.325 e. The zero-order chi connectivity index (χ0) is 13.0. The van der Waals surface area contributed by atoms with Crippen LogP contribution in [0.15, 0.2) is 24.3 Å². The number of rotatable bonds is 4. The van der Waals surface area contributed by atoms with E-state index in [0.29, 0.717) is 0 Å². The molecule has 1 heterocycles. The summed E-state index contributed by atoms with van der Waals surface area (Å²) in [5, 5.41) is 9.43. The molecule has 5 heteroatoms. The van der Waals surface area contributed by atoms with Gasteiger partial charge >= 0.3 is 5.97 Å². The fourth-order valence-corrected chi connectivity index (χ4v) is 3.06. The van der Waals surface area contributed by atoms with Crippen molar-refractivity contribution >= 4 is 17.7 Å². The Morgan fingerprint density at radius 1 is 1.33 bits per heavy atom. The largest absolute Gasteiger partial charge is 0.497 e. The van der Waals surface area contributed by atoms with Gasteiger partial charge in [0.15, 0.2) is 0 Å². The third kappa shape index (κ3) is 2.97. The molecule has 1 fully saturated rings. The standard InChI is InChI=1S/C13H17NO3S/c1-17-11-4-2-10(3-5-11)12(13(15)16)14-6-8-18-9-7-14/h2-5,12H,6-9H2,1H3,(H,15,16)/t12-/m1/s1. The second kappa shape index (κ2) is 6.11. The van der Waals surface area contributed by atoms with Gasteiger partial charge in [-0.15, -0.1) is 0 Å². The molecular weight excluding hydrogens is 250 g/mol. The average molecular weight is 267 g/mol. The third-order valence-electron chi connectivity index (χ3n) is 3.08. The summed E-state index contributed by atoms with van der Waals surface area (Å²) in [5.74, 6) is 1.96. The van der Waals surface area contributed by atoms with Gasteiger partial charge in [-0.1, -0.05) is 12.1 Å². The summed E-state index contributed by atoms with van der Waals surface area (Å²) >= 11 is 1.87. The Morgan fingerprint density at radius 3 is 2.44 bits per heavy atom. The van der Waals surface area contributed by atoms with Crippen LogP contribution >= 0.6 is 11.8 Å². The fraction of sp³-hybridized carbons (Fsp3) is 0.462. The number of carbonyl (C=O) groups is 1. The summed E-state index contributed by atoms with van der Waals surface area (Å²) in [6.07, 6.45) is 0. The Bertz CT molecular complexity index is 401. The lowest BCUT2D eigenvalue weighted by atomic mass is 10.1. The van der Waals surface area contributed by atoms with E-state index in [2.05, 4.69) is 0 Å². The summed E-state index contributed by atoms with van der Waals surface area (Å²) in [7, 11) is 1.60. The molecule has 1 aromatic carbocycles. The summed E-state index contributed by atoms with van der Waals surface area (Å²) in [4.78, 5) is 13.5. The van der Waals surface area contributed by atoms with Gasteiger partial charge in [0.25, 0.3) is 0 Å². The molecule has 18 heavy (non-hydrogen) atoms. The van der Waals surface area contributed by atoms with E-state index in [1.165, 1.54) is 0 Å². The summed E-state index contributed by atoms with van der Waals surface area (Å²) in [6.45, 7) is 1.65. The van der Waals surface area contributed by atoms with E-state index in [1.54, 1.807) is 7.11 Å². The van der Waals surface area contributed by atoms with E-state index < -0.39 is 12.0 Å². The van der Waals surface area contributed by atoms with Crippen LogP contribution in [0.25, 0.3) is 0 Å². The van der Waals surface area contributed by atoms with Gasteiger partial charge in [-0.05, 0) is 17.7 Å². The van der Waals surface area contributed by atoms with E-state index >= 15 is 0 Å². The molecule has 0 aromatic heterocycles. The number of ether oxygens (including phenoxy) is 1.